The molecule has 5 aromatic rings. The van der Waals surface area contributed by atoms with Gasteiger partial charge in [0.15, 0.2) is 11.5 Å². The normalized spacial score (nSPS) is 13.0. The number of methoxy groups -OCH3 is 2. The maximum absolute atomic E-state index is 14.4. The van der Waals surface area contributed by atoms with Crippen molar-refractivity contribution in [3.63, 3.8) is 0 Å². The van der Waals surface area contributed by atoms with Gasteiger partial charge >= 0.3 is 0 Å². The Morgan fingerprint density at radius 3 is 2.65 bits per heavy atom. The topological polar surface area (TPSA) is 88.5 Å². The standard InChI is InChI=1S/C32H30FN3O4/c1-39-29-14-19-10-11-36-28(25(19)16-30(29)40-2)15-26(31(36)20-6-5-7-22(33)12-20)32(38)35-23(18-37)13-21-17-34-27-9-4-3-8-24(21)27/h3-9,12,14-17,23,34,37H,10-11,13,18H2,1-2H3,(H,35,38). The number of carbonyl (C=O) groups is 1. The minimum absolute atomic E-state index is 0.228. The van der Waals surface area contributed by atoms with Crippen molar-refractivity contribution in [3.05, 3.63) is 95.4 Å². The lowest BCUT2D eigenvalue weighted by Gasteiger charge is -2.23. The van der Waals surface area contributed by atoms with Crippen molar-refractivity contribution in [1.29, 1.82) is 0 Å². The van der Waals surface area contributed by atoms with Crippen LogP contribution in [0.4, 0.5) is 4.39 Å². The number of rotatable bonds is 8. The van der Waals surface area contributed by atoms with Gasteiger partial charge in [0, 0.05) is 40.5 Å². The third-order valence-corrected chi connectivity index (χ3v) is 7.63. The van der Waals surface area contributed by atoms with E-state index in [9.17, 15) is 14.3 Å². The zero-order chi connectivity index (χ0) is 27.8. The van der Waals surface area contributed by atoms with E-state index in [4.69, 9.17) is 9.47 Å². The van der Waals surface area contributed by atoms with E-state index in [-0.39, 0.29) is 18.3 Å². The van der Waals surface area contributed by atoms with E-state index in [0.29, 0.717) is 47.7 Å². The first kappa shape index (κ1) is 25.7. The van der Waals surface area contributed by atoms with Crippen molar-refractivity contribution in [1.82, 2.24) is 14.9 Å². The van der Waals surface area contributed by atoms with Gasteiger partial charge in [-0.2, -0.15) is 0 Å². The number of para-hydroxylation sites is 1. The van der Waals surface area contributed by atoms with Gasteiger partial charge < -0.3 is 29.4 Å². The highest BCUT2D eigenvalue weighted by molar-refractivity contribution is 6.02. The van der Waals surface area contributed by atoms with Gasteiger partial charge in [-0.3, -0.25) is 4.79 Å². The molecular weight excluding hydrogens is 509 g/mol. The predicted octanol–water partition coefficient (Wildman–Crippen LogP) is 5.35. The molecule has 6 rings (SSSR count). The molecule has 0 aliphatic carbocycles. The number of halogens is 1. The Bertz CT molecular complexity index is 1720. The van der Waals surface area contributed by atoms with Crippen molar-refractivity contribution >= 4 is 16.8 Å². The number of aliphatic hydroxyl groups is 1. The number of carbonyl (C=O) groups excluding carboxylic acids is 1. The Labute approximate surface area is 231 Å². The van der Waals surface area contributed by atoms with E-state index in [1.165, 1.54) is 12.1 Å². The molecule has 1 amide bonds. The number of fused-ring (bicyclic) bond motifs is 4. The van der Waals surface area contributed by atoms with Crippen LogP contribution in [0, 0.1) is 5.82 Å². The summed E-state index contributed by atoms with van der Waals surface area (Å²) < 4.78 is 27.5. The molecule has 204 valence electrons. The average Bonchev–Trinajstić information content (AvgIpc) is 3.58. The van der Waals surface area contributed by atoms with Crippen LogP contribution in [0.3, 0.4) is 0 Å². The fourth-order valence-corrected chi connectivity index (χ4v) is 5.71. The molecule has 1 atom stereocenters. The van der Waals surface area contributed by atoms with E-state index < -0.39 is 6.04 Å². The maximum atomic E-state index is 14.4. The fraction of sp³-hybridized carbons (Fsp3) is 0.219. The largest absolute Gasteiger partial charge is 0.493 e. The number of hydrogen-bond donors (Lipinski definition) is 3. The summed E-state index contributed by atoms with van der Waals surface area (Å²) in [7, 11) is 3.19. The Hall–Kier alpha value is -4.56. The number of hydrogen-bond acceptors (Lipinski definition) is 4. The molecule has 1 aliphatic heterocycles. The number of H-pyrrole nitrogens is 1. The lowest BCUT2D eigenvalue weighted by Crippen LogP contribution is -2.39. The van der Waals surface area contributed by atoms with Crippen molar-refractivity contribution in [2.75, 3.05) is 20.8 Å². The Balaban J connectivity index is 1.41. The summed E-state index contributed by atoms with van der Waals surface area (Å²) in [5, 5.41) is 14.3. The molecule has 40 heavy (non-hydrogen) atoms. The summed E-state index contributed by atoms with van der Waals surface area (Å²) in [6.45, 7) is 0.379. The van der Waals surface area contributed by atoms with E-state index in [0.717, 1.165) is 33.3 Å². The summed E-state index contributed by atoms with van der Waals surface area (Å²) in [5.74, 6) is 0.526. The second-order valence-corrected chi connectivity index (χ2v) is 9.98. The number of ether oxygens (including phenoxy) is 2. The van der Waals surface area contributed by atoms with Crippen molar-refractivity contribution in [3.8, 4) is 34.0 Å². The molecular formula is C32H30FN3O4. The first-order valence-corrected chi connectivity index (χ1v) is 13.2. The smallest absolute Gasteiger partial charge is 0.253 e. The van der Waals surface area contributed by atoms with E-state index in [1.54, 1.807) is 20.3 Å². The third-order valence-electron chi connectivity index (χ3n) is 7.63. The van der Waals surface area contributed by atoms with E-state index in [1.807, 2.05) is 54.7 Å². The molecule has 0 spiro atoms. The van der Waals surface area contributed by atoms with Gasteiger partial charge in [-0.05, 0) is 60.4 Å². The first-order valence-electron chi connectivity index (χ1n) is 13.2. The first-order chi connectivity index (χ1) is 19.5. The SMILES string of the molecule is COc1cc2c(cc1OC)-c1cc(C(=O)NC(CO)Cc3c[nH]c4ccccc34)c(-c3cccc(F)c3)n1CC2. The average molecular weight is 540 g/mol. The monoisotopic (exact) mass is 539 g/mol. The number of aromatic nitrogens is 2. The maximum Gasteiger partial charge on any atom is 0.253 e. The summed E-state index contributed by atoms with van der Waals surface area (Å²) in [6, 6.07) is 19.4. The summed E-state index contributed by atoms with van der Waals surface area (Å²) in [5.41, 5.74) is 6.51. The highest BCUT2D eigenvalue weighted by Gasteiger charge is 2.28. The van der Waals surface area contributed by atoms with Crippen LogP contribution in [-0.4, -0.2) is 47.4 Å². The number of benzene rings is 3. The van der Waals surface area contributed by atoms with Crippen LogP contribution in [0.25, 0.3) is 33.4 Å². The number of nitrogens with one attached hydrogen (secondary N) is 2. The van der Waals surface area contributed by atoms with E-state index >= 15 is 0 Å². The number of aromatic amines is 1. The minimum atomic E-state index is -0.513. The Kier molecular flexibility index (Phi) is 6.77. The zero-order valence-corrected chi connectivity index (χ0v) is 22.3. The van der Waals surface area contributed by atoms with Crippen LogP contribution in [0.5, 0.6) is 11.5 Å². The van der Waals surface area contributed by atoms with Gasteiger partial charge in [-0.1, -0.05) is 30.3 Å². The molecule has 2 aromatic heterocycles. The molecule has 0 saturated carbocycles. The number of aliphatic hydroxyl groups excluding tert-OH is 1. The van der Waals surface area contributed by atoms with E-state index in [2.05, 4.69) is 14.9 Å². The quantitative estimate of drug-likeness (QED) is 0.248. The lowest BCUT2D eigenvalue weighted by atomic mass is 9.97. The molecule has 3 N–H and O–H groups in total. The van der Waals surface area contributed by atoms with Crippen LogP contribution in [0.2, 0.25) is 0 Å². The highest BCUT2D eigenvalue weighted by atomic mass is 19.1. The number of aryl methyl sites for hydroxylation is 1. The van der Waals surface area contributed by atoms with Crippen molar-refractivity contribution in [2.45, 2.75) is 25.4 Å². The molecule has 0 fully saturated rings. The highest BCUT2D eigenvalue weighted by Crippen LogP contribution is 2.42. The molecule has 3 aromatic carbocycles. The molecule has 0 bridgehead atoms. The Morgan fingerprint density at radius 2 is 1.88 bits per heavy atom. The number of amides is 1. The second-order valence-electron chi connectivity index (χ2n) is 9.98. The van der Waals surface area contributed by atoms with Crippen LogP contribution in [-0.2, 0) is 19.4 Å². The van der Waals surface area contributed by atoms with Gasteiger partial charge in [0.1, 0.15) is 5.82 Å². The fourth-order valence-electron chi connectivity index (χ4n) is 5.71. The van der Waals surface area contributed by atoms with Crippen LogP contribution >= 0.6 is 0 Å². The van der Waals surface area contributed by atoms with Crippen LogP contribution in [0.1, 0.15) is 21.5 Å². The molecule has 3 heterocycles. The minimum Gasteiger partial charge on any atom is -0.493 e. The van der Waals surface area contributed by atoms with Crippen molar-refractivity contribution < 1.29 is 23.8 Å². The summed E-state index contributed by atoms with van der Waals surface area (Å²) in [4.78, 5) is 17.1. The van der Waals surface area contributed by atoms with Crippen LogP contribution in [0.15, 0.2) is 72.9 Å². The Morgan fingerprint density at radius 1 is 1.07 bits per heavy atom. The van der Waals surface area contributed by atoms with Gasteiger partial charge in [-0.15, -0.1) is 0 Å². The molecule has 0 saturated heterocycles. The lowest BCUT2D eigenvalue weighted by molar-refractivity contribution is 0.0917. The molecule has 7 nitrogen and oxygen atoms in total. The predicted molar refractivity (Wildman–Crippen MR) is 152 cm³/mol. The third kappa shape index (κ3) is 4.50. The zero-order valence-electron chi connectivity index (χ0n) is 22.3. The molecule has 0 radical (unpaired) electrons. The molecule has 1 aliphatic rings. The van der Waals surface area contributed by atoms with Crippen molar-refractivity contribution in [2.24, 2.45) is 0 Å². The van der Waals surface area contributed by atoms with Crippen LogP contribution < -0.4 is 14.8 Å². The van der Waals surface area contributed by atoms with Gasteiger partial charge in [-0.25, -0.2) is 4.39 Å². The molecule has 8 heteroatoms. The summed E-state index contributed by atoms with van der Waals surface area (Å²) >= 11 is 0. The summed E-state index contributed by atoms with van der Waals surface area (Å²) in [6.07, 6.45) is 3.07. The van der Waals surface area contributed by atoms with Gasteiger partial charge in [0.05, 0.1) is 38.1 Å². The van der Waals surface area contributed by atoms with Gasteiger partial charge in [0.2, 0.25) is 0 Å². The molecule has 1 unspecified atom stereocenters. The van der Waals surface area contributed by atoms with Gasteiger partial charge in [0.25, 0.3) is 5.91 Å². The second kappa shape index (κ2) is 10.5. The number of nitrogens with zero attached hydrogens (tertiary/aromatic N) is 1.